The first kappa shape index (κ1) is 13.1. The van der Waals surface area contributed by atoms with E-state index in [1.807, 2.05) is 18.2 Å². The summed E-state index contributed by atoms with van der Waals surface area (Å²) in [5.74, 6) is -0.320. The summed E-state index contributed by atoms with van der Waals surface area (Å²) >= 11 is 0. The van der Waals surface area contributed by atoms with Gasteiger partial charge in [0.05, 0.1) is 0 Å². The zero-order valence-corrected chi connectivity index (χ0v) is 10.4. The molecule has 0 aliphatic carbocycles. The van der Waals surface area contributed by atoms with Crippen LogP contribution < -0.4 is 10.6 Å². The first-order valence-corrected chi connectivity index (χ1v) is 6.51. The first-order chi connectivity index (χ1) is 8.77. The minimum absolute atomic E-state index is 0.320. The third-order valence-electron chi connectivity index (χ3n) is 3.32. The average molecular weight is 248 g/mol. The predicted molar refractivity (Wildman–Crippen MR) is 70.1 cm³/mol. The van der Waals surface area contributed by atoms with E-state index in [4.69, 9.17) is 0 Å². The fraction of sp³-hybridized carbons (Fsp3) is 0.500. The third kappa shape index (κ3) is 3.55. The molecule has 0 spiro atoms. The molecule has 98 valence electrons. The molecule has 1 aromatic carbocycles. The lowest BCUT2D eigenvalue weighted by Gasteiger charge is -2.13. The highest BCUT2D eigenvalue weighted by atomic mass is 16.3. The van der Waals surface area contributed by atoms with Crippen LogP contribution in [0.25, 0.3) is 0 Å². The molecule has 2 rings (SSSR count). The number of aliphatic hydroxyl groups excluding tert-OH is 1. The molecule has 1 amide bonds. The SMILES string of the molecule is O=C(NCC[C@H]1CCCN1)C(O)c1ccccc1. The summed E-state index contributed by atoms with van der Waals surface area (Å²) in [7, 11) is 0. The molecular weight excluding hydrogens is 228 g/mol. The van der Waals surface area contributed by atoms with E-state index in [0.717, 1.165) is 13.0 Å². The summed E-state index contributed by atoms with van der Waals surface area (Å²) in [4.78, 5) is 11.7. The van der Waals surface area contributed by atoms with Gasteiger partial charge in [0.25, 0.3) is 5.91 Å². The van der Waals surface area contributed by atoms with Gasteiger partial charge in [-0.1, -0.05) is 30.3 Å². The van der Waals surface area contributed by atoms with Crippen LogP contribution in [0.4, 0.5) is 0 Å². The summed E-state index contributed by atoms with van der Waals surface area (Å²) < 4.78 is 0. The minimum atomic E-state index is -1.07. The molecule has 0 radical (unpaired) electrons. The number of aliphatic hydroxyl groups is 1. The Kier molecular flexibility index (Phi) is 4.73. The van der Waals surface area contributed by atoms with Crippen molar-refractivity contribution in [3.63, 3.8) is 0 Å². The van der Waals surface area contributed by atoms with Crippen molar-refractivity contribution in [2.24, 2.45) is 0 Å². The van der Waals surface area contributed by atoms with Crippen LogP contribution in [-0.2, 0) is 4.79 Å². The molecule has 4 nitrogen and oxygen atoms in total. The topological polar surface area (TPSA) is 61.4 Å². The van der Waals surface area contributed by atoms with Crippen molar-refractivity contribution in [3.8, 4) is 0 Å². The highest BCUT2D eigenvalue weighted by Gasteiger charge is 2.18. The van der Waals surface area contributed by atoms with Crippen LogP contribution in [-0.4, -0.2) is 30.1 Å². The lowest BCUT2D eigenvalue weighted by atomic mass is 10.1. The van der Waals surface area contributed by atoms with E-state index in [9.17, 15) is 9.90 Å². The molecule has 1 aromatic rings. The average Bonchev–Trinajstić information content (AvgIpc) is 2.92. The number of nitrogens with one attached hydrogen (secondary N) is 2. The van der Waals surface area contributed by atoms with Gasteiger partial charge in [0.15, 0.2) is 6.10 Å². The van der Waals surface area contributed by atoms with Gasteiger partial charge in [0, 0.05) is 12.6 Å². The number of benzene rings is 1. The minimum Gasteiger partial charge on any atom is -0.378 e. The second-order valence-corrected chi connectivity index (χ2v) is 4.69. The zero-order valence-electron chi connectivity index (χ0n) is 10.4. The predicted octanol–water partition coefficient (Wildman–Crippen LogP) is 0.978. The van der Waals surface area contributed by atoms with Crippen LogP contribution in [0.15, 0.2) is 30.3 Å². The summed E-state index contributed by atoms with van der Waals surface area (Å²) in [6, 6.07) is 9.51. The van der Waals surface area contributed by atoms with E-state index < -0.39 is 6.10 Å². The number of carbonyl (C=O) groups is 1. The number of carbonyl (C=O) groups excluding carboxylic acids is 1. The van der Waals surface area contributed by atoms with Gasteiger partial charge in [0.1, 0.15) is 0 Å². The van der Waals surface area contributed by atoms with Crippen LogP contribution in [0.2, 0.25) is 0 Å². The second kappa shape index (κ2) is 6.52. The van der Waals surface area contributed by atoms with E-state index in [-0.39, 0.29) is 5.91 Å². The Morgan fingerprint density at radius 1 is 1.44 bits per heavy atom. The van der Waals surface area contributed by atoms with Gasteiger partial charge in [-0.25, -0.2) is 0 Å². The molecule has 1 aliphatic heterocycles. The van der Waals surface area contributed by atoms with Crippen molar-refractivity contribution in [1.82, 2.24) is 10.6 Å². The molecule has 18 heavy (non-hydrogen) atoms. The zero-order chi connectivity index (χ0) is 12.8. The monoisotopic (exact) mass is 248 g/mol. The molecule has 1 heterocycles. The maximum Gasteiger partial charge on any atom is 0.253 e. The molecule has 1 aliphatic rings. The highest BCUT2D eigenvalue weighted by Crippen LogP contribution is 2.12. The van der Waals surface area contributed by atoms with E-state index in [0.29, 0.717) is 18.2 Å². The fourth-order valence-electron chi connectivity index (χ4n) is 2.26. The summed E-state index contributed by atoms with van der Waals surface area (Å²) in [6.45, 7) is 1.69. The summed E-state index contributed by atoms with van der Waals surface area (Å²) in [5.41, 5.74) is 0.633. The largest absolute Gasteiger partial charge is 0.378 e. The summed E-state index contributed by atoms with van der Waals surface area (Å²) in [6.07, 6.45) is 2.25. The molecule has 0 saturated carbocycles. The molecule has 1 unspecified atom stereocenters. The van der Waals surface area contributed by atoms with E-state index in [1.54, 1.807) is 12.1 Å². The highest BCUT2D eigenvalue weighted by molar-refractivity contribution is 5.81. The van der Waals surface area contributed by atoms with Crippen molar-refractivity contribution in [3.05, 3.63) is 35.9 Å². The van der Waals surface area contributed by atoms with Crippen LogP contribution in [0.5, 0.6) is 0 Å². The van der Waals surface area contributed by atoms with Gasteiger partial charge in [-0.05, 0) is 31.4 Å². The van der Waals surface area contributed by atoms with Crippen LogP contribution in [0.3, 0.4) is 0 Å². The number of amides is 1. The molecule has 2 atom stereocenters. The van der Waals surface area contributed by atoms with Gasteiger partial charge >= 0.3 is 0 Å². The molecule has 0 aromatic heterocycles. The van der Waals surface area contributed by atoms with Gasteiger partial charge < -0.3 is 15.7 Å². The van der Waals surface area contributed by atoms with Crippen molar-refractivity contribution in [2.45, 2.75) is 31.4 Å². The Morgan fingerprint density at radius 3 is 2.89 bits per heavy atom. The second-order valence-electron chi connectivity index (χ2n) is 4.69. The molecule has 1 saturated heterocycles. The maximum absolute atomic E-state index is 11.7. The smallest absolute Gasteiger partial charge is 0.253 e. The van der Waals surface area contributed by atoms with Gasteiger partial charge in [-0.15, -0.1) is 0 Å². The first-order valence-electron chi connectivity index (χ1n) is 6.51. The van der Waals surface area contributed by atoms with Crippen molar-refractivity contribution >= 4 is 5.91 Å². The lowest BCUT2D eigenvalue weighted by molar-refractivity contribution is -0.129. The van der Waals surface area contributed by atoms with Gasteiger partial charge in [0.2, 0.25) is 0 Å². The van der Waals surface area contributed by atoms with Crippen LogP contribution >= 0.6 is 0 Å². The maximum atomic E-state index is 11.7. The fourth-order valence-corrected chi connectivity index (χ4v) is 2.26. The quantitative estimate of drug-likeness (QED) is 0.728. The van der Waals surface area contributed by atoms with Crippen molar-refractivity contribution in [1.29, 1.82) is 0 Å². The summed E-state index contributed by atoms with van der Waals surface area (Å²) in [5, 5.41) is 16.0. The number of hydrogen-bond acceptors (Lipinski definition) is 3. The molecule has 3 N–H and O–H groups in total. The Labute approximate surface area is 107 Å². The number of rotatable bonds is 5. The van der Waals surface area contributed by atoms with Crippen molar-refractivity contribution in [2.75, 3.05) is 13.1 Å². The molecule has 1 fully saturated rings. The van der Waals surface area contributed by atoms with Crippen LogP contribution in [0.1, 0.15) is 30.9 Å². The molecule has 4 heteroatoms. The van der Waals surface area contributed by atoms with E-state index in [1.165, 1.54) is 12.8 Å². The van der Waals surface area contributed by atoms with Gasteiger partial charge in [-0.3, -0.25) is 4.79 Å². The Balaban J connectivity index is 1.74. The molecular formula is C14H20N2O2. The van der Waals surface area contributed by atoms with Crippen molar-refractivity contribution < 1.29 is 9.90 Å². The normalized spacial score (nSPS) is 20.6. The molecule has 0 bridgehead atoms. The van der Waals surface area contributed by atoms with Crippen LogP contribution in [0, 0.1) is 0 Å². The van der Waals surface area contributed by atoms with E-state index in [2.05, 4.69) is 10.6 Å². The van der Waals surface area contributed by atoms with E-state index >= 15 is 0 Å². The number of hydrogen-bond donors (Lipinski definition) is 3. The Hall–Kier alpha value is -1.39. The Bertz CT molecular complexity index is 375. The van der Waals surface area contributed by atoms with Gasteiger partial charge in [-0.2, -0.15) is 0 Å². The lowest BCUT2D eigenvalue weighted by Crippen LogP contribution is -2.33. The Morgan fingerprint density at radius 2 is 2.22 bits per heavy atom. The third-order valence-corrected chi connectivity index (χ3v) is 3.32. The standard InChI is InChI=1S/C14H20N2O2/c17-13(11-5-2-1-3-6-11)14(18)16-10-8-12-7-4-9-15-12/h1-3,5-6,12-13,15,17H,4,7-10H2,(H,16,18)/t12-,13?/m1/s1.